The number of rotatable bonds is 6. The van der Waals surface area contributed by atoms with E-state index in [4.69, 9.17) is 0 Å². The number of nitrogens with zero attached hydrogens (tertiary/aromatic N) is 2. The van der Waals surface area contributed by atoms with E-state index in [0.717, 1.165) is 32.2 Å². The zero-order chi connectivity index (χ0) is 26.2. The summed E-state index contributed by atoms with van der Waals surface area (Å²) in [5.74, 6) is -3.77. The first-order valence-corrected chi connectivity index (χ1v) is 13.6. The van der Waals surface area contributed by atoms with E-state index in [1.54, 1.807) is 41.3 Å². The SMILES string of the molecule is CS(=O)(=O)Nc1c(F)c(F)c(-c2ccc3nc(N[C@H]4CCCNC4)ncc3c2)c(-c2ccccc2)c1F. The summed E-state index contributed by atoms with van der Waals surface area (Å²) in [6.45, 7) is 1.79. The van der Waals surface area contributed by atoms with E-state index in [0.29, 0.717) is 16.9 Å². The van der Waals surface area contributed by atoms with Gasteiger partial charge in [-0.25, -0.2) is 31.6 Å². The van der Waals surface area contributed by atoms with Gasteiger partial charge in [0.25, 0.3) is 0 Å². The molecular weight excluding hydrogens is 503 g/mol. The minimum absolute atomic E-state index is 0.188. The Morgan fingerprint density at radius 3 is 2.43 bits per heavy atom. The van der Waals surface area contributed by atoms with Gasteiger partial charge in [0.15, 0.2) is 17.5 Å². The van der Waals surface area contributed by atoms with Crippen molar-refractivity contribution in [2.75, 3.05) is 29.4 Å². The maximum atomic E-state index is 15.7. The van der Waals surface area contributed by atoms with Crippen LogP contribution in [0, 0.1) is 17.5 Å². The molecule has 0 unspecified atom stereocenters. The highest BCUT2D eigenvalue weighted by Crippen LogP contribution is 2.42. The van der Waals surface area contributed by atoms with E-state index in [2.05, 4.69) is 20.6 Å². The molecule has 1 fully saturated rings. The van der Waals surface area contributed by atoms with E-state index in [-0.39, 0.29) is 28.3 Å². The van der Waals surface area contributed by atoms with E-state index >= 15 is 13.2 Å². The molecule has 11 heteroatoms. The molecule has 1 saturated heterocycles. The number of anilines is 2. The number of sulfonamides is 1. The molecular formula is C26H24F3N5O2S. The van der Waals surface area contributed by atoms with Crippen LogP contribution in [0.4, 0.5) is 24.8 Å². The molecule has 192 valence electrons. The Morgan fingerprint density at radius 1 is 0.973 bits per heavy atom. The molecule has 0 aliphatic carbocycles. The lowest BCUT2D eigenvalue weighted by molar-refractivity contribution is 0.478. The van der Waals surface area contributed by atoms with Crippen molar-refractivity contribution in [3.8, 4) is 22.3 Å². The number of benzene rings is 3. The monoisotopic (exact) mass is 527 g/mol. The highest BCUT2D eigenvalue weighted by atomic mass is 32.2. The van der Waals surface area contributed by atoms with Crippen molar-refractivity contribution in [2.24, 2.45) is 0 Å². The zero-order valence-corrected chi connectivity index (χ0v) is 20.7. The van der Waals surface area contributed by atoms with Crippen molar-refractivity contribution in [3.63, 3.8) is 0 Å². The van der Waals surface area contributed by atoms with Crippen LogP contribution in [0.25, 0.3) is 33.2 Å². The average Bonchev–Trinajstić information content (AvgIpc) is 2.89. The van der Waals surface area contributed by atoms with Gasteiger partial charge in [0.05, 0.1) is 11.8 Å². The van der Waals surface area contributed by atoms with Crippen LogP contribution >= 0.6 is 0 Å². The van der Waals surface area contributed by atoms with Crippen LogP contribution < -0.4 is 15.4 Å². The standard InChI is InChI=1S/C26H24F3N5O2S/c1-37(35,36)34-25-23(28)20(15-6-3-2-4-7-15)21(22(27)24(25)29)16-9-10-19-17(12-16)13-31-26(33-19)32-18-8-5-11-30-14-18/h2-4,6-7,9-10,12-13,18,30,34H,5,8,11,14H2,1H3,(H,31,32,33)/t18-/m0/s1. The fourth-order valence-electron chi connectivity index (χ4n) is 4.50. The van der Waals surface area contributed by atoms with E-state index in [1.807, 2.05) is 0 Å². The van der Waals surface area contributed by atoms with Gasteiger partial charge in [-0.15, -0.1) is 0 Å². The lowest BCUT2D eigenvalue weighted by Gasteiger charge is -2.23. The molecule has 0 saturated carbocycles. The number of hydrogen-bond acceptors (Lipinski definition) is 6. The smallest absolute Gasteiger partial charge is 0.230 e. The van der Waals surface area contributed by atoms with Gasteiger partial charge in [0.2, 0.25) is 16.0 Å². The molecule has 1 atom stereocenters. The fraction of sp³-hybridized carbons (Fsp3) is 0.231. The van der Waals surface area contributed by atoms with Crippen LogP contribution in [0.3, 0.4) is 0 Å². The molecule has 0 spiro atoms. The third-order valence-corrected chi connectivity index (χ3v) is 6.74. The summed E-state index contributed by atoms with van der Waals surface area (Å²) < 4.78 is 71.5. The lowest BCUT2D eigenvalue weighted by atomic mass is 9.92. The second-order valence-electron chi connectivity index (χ2n) is 8.96. The molecule has 1 aliphatic rings. The normalized spacial score (nSPS) is 16.1. The van der Waals surface area contributed by atoms with Crippen LogP contribution in [0.2, 0.25) is 0 Å². The second kappa shape index (κ2) is 9.98. The van der Waals surface area contributed by atoms with Crippen molar-refractivity contribution in [1.29, 1.82) is 0 Å². The van der Waals surface area contributed by atoms with Crippen LogP contribution in [0.5, 0.6) is 0 Å². The predicted octanol–water partition coefficient (Wildman–Crippen LogP) is 4.92. The maximum absolute atomic E-state index is 15.7. The van der Waals surface area contributed by atoms with Crippen molar-refractivity contribution < 1.29 is 21.6 Å². The Balaban J connectivity index is 1.63. The highest BCUT2D eigenvalue weighted by molar-refractivity contribution is 7.92. The van der Waals surface area contributed by atoms with E-state index in [9.17, 15) is 8.42 Å². The Hall–Kier alpha value is -3.70. The fourth-order valence-corrected chi connectivity index (χ4v) is 5.05. The van der Waals surface area contributed by atoms with Crippen molar-refractivity contribution in [2.45, 2.75) is 18.9 Å². The summed E-state index contributed by atoms with van der Waals surface area (Å²) in [4.78, 5) is 8.89. The lowest BCUT2D eigenvalue weighted by Crippen LogP contribution is -2.38. The summed E-state index contributed by atoms with van der Waals surface area (Å²) in [6, 6.07) is 12.9. The number of nitrogens with one attached hydrogen (secondary N) is 3. The highest BCUT2D eigenvalue weighted by Gasteiger charge is 2.28. The van der Waals surface area contributed by atoms with Gasteiger partial charge in [-0.1, -0.05) is 36.4 Å². The van der Waals surface area contributed by atoms with Crippen LogP contribution in [-0.2, 0) is 10.0 Å². The summed E-state index contributed by atoms with van der Waals surface area (Å²) in [6.07, 6.45) is 4.35. The van der Waals surface area contributed by atoms with E-state index in [1.165, 1.54) is 18.2 Å². The molecule has 1 aliphatic heterocycles. The first kappa shape index (κ1) is 25.0. The van der Waals surface area contributed by atoms with Crippen LogP contribution in [0.1, 0.15) is 12.8 Å². The van der Waals surface area contributed by atoms with E-state index < -0.39 is 33.2 Å². The van der Waals surface area contributed by atoms with Gasteiger partial charge < -0.3 is 10.6 Å². The number of fused-ring (bicyclic) bond motifs is 1. The first-order chi connectivity index (χ1) is 17.7. The largest absolute Gasteiger partial charge is 0.350 e. The van der Waals surface area contributed by atoms with Crippen LogP contribution in [0.15, 0.2) is 54.7 Å². The molecule has 1 aromatic heterocycles. The summed E-state index contributed by atoms with van der Waals surface area (Å²) >= 11 is 0. The number of halogens is 3. The van der Waals surface area contributed by atoms with Crippen molar-refractivity contribution >= 4 is 32.6 Å². The third-order valence-electron chi connectivity index (χ3n) is 6.17. The van der Waals surface area contributed by atoms with Gasteiger partial charge in [0.1, 0.15) is 5.69 Å². The topological polar surface area (TPSA) is 96.0 Å². The molecule has 3 aromatic carbocycles. The molecule has 7 nitrogen and oxygen atoms in total. The Morgan fingerprint density at radius 2 is 1.73 bits per heavy atom. The van der Waals surface area contributed by atoms with Crippen molar-refractivity contribution in [1.82, 2.24) is 15.3 Å². The number of hydrogen-bond donors (Lipinski definition) is 3. The average molecular weight is 528 g/mol. The van der Waals surface area contributed by atoms with Gasteiger partial charge in [0, 0.05) is 35.3 Å². The Bertz CT molecular complexity index is 1580. The van der Waals surface area contributed by atoms with Gasteiger partial charge in [-0.3, -0.25) is 4.72 Å². The molecule has 37 heavy (non-hydrogen) atoms. The van der Waals surface area contributed by atoms with Gasteiger partial charge in [-0.2, -0.15) is 0 Å². The molecule has 2 heterocycles. The van der Waals surface area contributed by atoms with Gasteiger partial charge >= 0.3 is 0 Å². The number of aromatic nitrogens is 2. The second-order valence-corrected chi connectivity index (χ2v) is 10.7. The third kappa shape index (κ3) is 5.23. The number of piperidine rings is 1. The molecule has 5 rings (SSSR count). The quantitative estimate of drug-likeness (QED) is 0.308. The minimum Gasteiger partial charge on any atom is -0.350 e. The predicted molar refractivity (Wildman–Crippen MR) is 138 cm³/mol. The zero-order valence-electron chi connectivity index (χ0n) is 19.9. The Labute approximate surface area is 212 Å². The molecule has 0 bridgehead atoms. The molecule has 0 radical (unpaired) electrons. The summed E-state index contributed by atoms with van der Waals surface area (Å²) in [5, 5.41) is 7.16. The minimum atomic E-state index is -4.08. The molecule has 3 N–H and O–H groups in total. The first-order valence-electron chi connectivity index (χ1n) is 11.7. The summed E-state index contributed by atoms with van der Waals surface area (Å²) in [7, 11) is -4.08. The molecule has 0 amide bonds. The summed E-state index contributed by atoms with van der Waals surface area (Å²) in [5.41, 5.74) is -0.662. The Kier molecular flexibility index (Phi) is 6.74. The van der Waals surface area contributed by atoms with Crippen molar-refractivity contribution in [3.05, 3.63) is 72.2 Å². The maximum Gasteiger partial charge on any atom is 0.230 e. The molecule has 4 aromatic rings. The van der Waals surface area contributed by atoms with Crippen LogP contribution in [-0.4, -0.2) is 43.8 Å². The van der Waals surface area contributed by atoms with Gasteiger partial charge in [-0.05, 0) is 42.6 Å².